The van der Waals surface area contributed by atoms with Gasteiger partial charge in [-0.15, -0.1) is 0 Å². The number of fused-ring (bicyclic) bond motifs is 2. The number of rotatable bonds is 4. The normalized spacial score (nSPS) is 25.6. The highest BCUT2D eigenvalue weighted by Gasteiger charge is 2.57. The summed E-state index contributed by atoms with van der Waals surface area (Å²) in [7, 11) is 0. The van der Waals surface area contributed by atoms with E-state index in [0.717, 1.165) is 44.6 Å². The number of halogens is 1. The largest absolute Gasteiger partial charge is 0.336 e. The highest BCUT2D eigenvalue weighted by molar-refractivity contribution is 5.80. The zero-order valence-corrected chi connectivity index (χ0v) is 17.6. The lowest BCUT2D eigenvalue weighted by atomic mass is 9.71. The van der Waals surface area contributed by atoms with Crippen molar-refractivity contribution in [1.29, 1.82) is 0 Å². The fraction of sp³-hybridized carbons (Fsp3) is 0.500. The van der Waals surface area contributed by atoms with E-state index in [4.69, 9.17) is 0 Å². The second-order valence-corrected chi connectivity index (χ2v) is 9.52. The number of carbonyl (C=O) groups is 1. The zero-order chi connectivity index (χ0) is 20.6. The number of nitrogens with zero attached hydrogens (tertiary/aromatic N) is 2. The van der Waals surface area contributed by atoms with Crippen molar-refractivity contribution >= 4 is 5.91 Å². The Hall–Kier alpha value is -2.20. The summed E-state index contributed by atoms with van der Waals surface area (Å²) < 4.78 is 13.3. The highest BCUT2D eigenvalue weighted by atomic mass is 19.1. The van der Waals surface area contributed by atoms with Crippen LogP contribution in [0.1, 0.15) is 43.2 Å². The van der Waals surface area contributed by atoms with Crippen LogP contribution in [0.5, 0.6) is 0 Å². The van der Waals surface area contributed by atoms with Gasteiger partial charge in [0.25, 0.3) is 0 Å². The average molecular weight is 407 g/mol. The predicted octanol–water partition coefficient (Wildman–Crippen LogP) is 4.66. The molecule has 3 nitrogen and oxygen atoms in total. The molecule has 30 heavy (non-hydrogen) atoms. The molecule has 1 aliphatic carbocycles. The maximum atomic E-state index is 13.4. The van der Waals surface area contributed by atoms with Gasteiger partial charge in [0.05, 0.1) is 6.42 Å². The number of hydrogen-bond acceptors (Lipinski definition) is 2. The minimum absolute atomic E-state index is 0.0332. The second kappa shape index (κ2) is 8.14. The van der Waals surface area contributed by atoms with Crippen LogP contribution in [0.25, 0.3) is 0 Å². The Kier molecular flexibility index (Phi) is 5.36. The summed E-state index contributed by atoms with van der Waals surface area (Å²) in [5.41, 5.74) is 2.32. The smallest absolute Gasteiger partial charge is 0.227 e. The van der Waals surface area contributed by atoms with Crippen molar-refractivity contribution in [2.45, 2.75) is 50.6 Å². The number of hydrogen-bond donors (Lipinski definition) is 0. The lowest BCUT2D eigenvalue weighted by molar-refractivity contribution is -0.137. The number of likely N-dealkylation sites (tertiary alicyclic amines) is 2. The number of carbonyl (C=O) groups excluding carboxylic acids is 1. The van der Waals surface area contributed by atoms with Crippen LogP contribution in [0.4, 0.5) is 4.39 Å². The maximum Gasteiger partial charge on any atom is 0.227 e. The fourth-order valence-corrected chi connectivity index (χ4v) is 6.37. The van der Waals surface area contributed by atoms with Gasteiger partial charge in [-0.1, -0.05) is 61.7 Å². The Labute approximate surface area is 178 Å². The Morgan fingerprint density at radius 2 is 1.63 bits per heavy atom. The predicted molar refractivity (Wildman–Crippen MR) is 116 cm³/mol. The molecule has 2 saturated heterocycles. The first-order valence-electron chi connectivity index (χ1n) is 11.5. The van der Waals surface area contributed by atoms with Crippen LogP contribution >= 0.6 is 0 Å². The van der Waals surface area contributed by atoms with Crippen molar-refractivity contribution in [2.75, 3.05) is 19.6 Å². The summed E-state index contributed by atoms with van der Waals surface area (Å²) >= 11 is 0. The summed E-state index contributed by atoms with van der Waals surface area (Å²) in [6, 6.07) is 17.1. The van der Waals surface area contributed by atoms with Crippen LogP contribution in [-0.4, -0.2) is 40.9 Å². The van der Waals surface area contributed by atoms with Gasteiger partial charge in [0.2, 0.25) is 5.91 Å². The topological polar surface area (TPSA) is 23.6 Å². The monoisotopic (exact) mass is 406 g/mol. The van der Waals surface area contributed by atoms with Gasteiger partial charge >= 0.3 is 0 Å². The van der Waals surface area contributed by atoms with E-state index < -0.39 is 0 Å². The highest BCUT2D eigenvalue weighted by Crippen LogP contribution is 2.51. The standard InChI is InChI=1S/C26H31FN2O/c27-23-11-9-20(10-12-23)15-25(30)29-18-22-17-28(16-21-7-3-1-4-8-21)19-24(22)26(29)13-5-2-6-14-26/h1,3-4,7-12,22,24H,2,5-6,13-19H2/t22-,24-/m0/s1. The molecule has 3 aliphatic rings. The molecule has 4 heteroatoms. The second-order valence-electron chi connectivity index (χ2n) is 9.52. The lowest BCUT2D eigenvalue weighted by Gasteiger charge is -2.45. The molecule has 1 spiro atoms. The maximum absolute atomic E-state index is 13.4. The first-order valence-corrected chi connectivity index (χ1v) is 11.5. The molecular formula is C26H31FN2O. The minimum atomic E-state index is -0.246. The van der Waals surface area contributed by atoms with E-state index in [0.29, 0.717) is 18.3 Å². The molecule has 1 saturated carbocycles. The van der Waals surface area contributed by atoms with Crippen LogP contribution in [0.2, 0.25) is 0 Å². The Morgan fingerprint density at radius 3 is 2.37 bits per heavy atom. The van der Waals surface area contributed by atoms with Crippen molar-refractivity contribution in [3.05, 3.63) is 71.5 Å². The van der Waals surface area contributed by atoms with Gasteiger partial charge in [0, 0.05) is 37.6 Å². The van der Waals surface area contributed by atoms with Gasteiger partial charge in [0.1, 0.15) is 5.82 Å². The van der Waals surface area contributed by atoms with Crippen molar-refractivity contribution in [2.24, 2.45) is 11.8 Å². The fourth-order valence-electron chi connectivity index (χ4n) is 6.37. The summed E-state index contributed by atoms with van der Waals surface area (Å²) in [6.07, 6.45) is 6.40. The minimum Gasteiger partial charge on any atom is -0.336 e. The number of amides is 1. The average Bonchev–Trinajstić information content (AvgIpc) is 3.29. The summed E-state index contributed by atoms with van der Waals surface area (Å²) in [4.78, 5) is 18.3. The molecule has 1 amide bonds. The van der Waals surface area contributed by atoms with E-state index in [9.17, 15) is 9.18 Å². The summed E-state index contributed by atoms with van der Waals surface area (Å²) in [5, 5.41) is 0. The molecule has 3 fully saturated rings. The summed E-state index contributed by atoms with van der Waals surface area (Å²) in [6.45, 7) is 4.07. The van der Waals surface area contributed by atoms with Gasteiger partial charge in [-0.25, -0.2) is 4.39 Å². The molecule has 2 atom stereocenters. The first kappa shape index (κ1) is 19.7. The molecule has 2 aromatic carbocycles. The molecule has 2 aromatic rings. The molecule has 0 radical (unpaired) electrons. The van der Waals surface area contributed by atoms with E-state index in [2.05, 4.69) is 40.1 Å². The lowest BCUT2D eigenvalue weighted by Crippen LogP contribution is -2.53. The molecule has 2 aliphatic heterocycles. The third kappa shape index (κ3) is 3.66. The van der Waals surface area contributed by atoms with Crippen LogP contribution < -0.4 is 0 Å². The van der Waals surface area contributed by atoms with E-state index in [1.54, 1.807) is 12.1 Å². The molecule has 5 rings (SSSR count). The summed E-state index contributed by atoms with van der Waals surface area (Å²) in [5.74, 6) is 1.14. The molecule has 0 bridgehead atoms. The SMILES string of the molecule is O=C(Cc1ccc(F)cc1)N1C[C@@H]2CN(Cc3ccccc3)C[C@@H]2C12CCCCC2. The van der Waals surface area contributed by atoms with Crippen molar-refractivity contribution in [1.82, 2.24) is 9.80 Å². The molecular weight excluding hydrogens is 375 g/mol. The van der Waals surface area contributed by atoms with Gasteiger partial charge in [-0.2, -0.15) is 0 Å². The first-order chi connectivity index (χ1) is 14.6. The van der Waals surface area contributed by atoms with Gasteiger partial charge in [0.15, 0.2) is 0 Å². The molecule has 2 heterocycles. The molecule has 0 N–H and O–H groups in total. The van der Waals surface area contributed by atoms with Crippen molar-refractivity contribution in [3.8, 4) is 0 Å². The Balaban J connectivity index is 1.33. The molecule has 0 aromatic heterocycles. The quantitative estimate of drug-likeness (QED) is 0.737. The van der Waals surface area contributed by atoms with E-state index in [1.807, 2.05) is 0 Å². The Morgan fingerprint density at radius 1 is 0.900 bits per heavy atom. The van der Waals surface area contributed by atoms with Gasteiger partial charge in [-0.05, 0) is 42.0 Å². The van der Waals surface area contributed by atoms with Crippen LogP contribution in [0.3, 0.4) is 0 Å². The van der Waals surface area contributed by atoms with E-state index in [1.165, 1.54) is 37.0 Å². The van der Waals surface area contributed by atoms with Crippen molar-refractivity contribution in [3.63, 3.8) is 0 Å². The zero-order valence-electron chi connectivity index (χ0n) is 17.6. The van der Waals surface area contributed by atoms with E-state index >= 15 is 0 Å². The van der Waals surface area contributed by atoms with Gasteiger partial charge < -0.3 is 4.90 Å². The Bertz CT molecular complexity index is 876. The van der Waals surface area contributed by atoms with Crippen molar-refractivity contribution < 1.29 is 9.18 Å². The third-order valence-corrected chi connectivity index (χ3v) is 7.70. The number of benzene rings is 2. The van der Waals surface area contributed by atoms with Gasteiger partial charge in [-0.3, -0.25) is 9.69 Å². The van der Waals surface area contributed by atoms with E-state index in [-0.39, 0.29) is 17.3 Å². The van der Waals surface area contributed by atoms with Crippen LogP contribution in [0.15, 0.2) is 54.6 Å². The van der Waals surface area contributed by atoms with Crippen LogP contribution in [-0.2, 0) is 17.8 Å². The molecule has 158 valence electrons. The molecule has 0 unspecified atom stereocenters. The van der Waals surface area contributed by atoms with Crippen LogP contribution in [0, 0.1) is 17.7 Å². The third-order valence-electron chi connectivity index (χ3n) is 7.70.